The molecular weight excluding hydrogens is 205 g/mol. The first-order valence-corrected chi connectivity index (χ1v) is 5.96. The molecule has 1 saturated heterocycles. The minimum atomic E-state index is -0.565. The molecule has 0 spiro atoms. The maximum absolute atomic E-state index is 11.9. The smallest absolute Gasteiger partial charge is 0.246 e. The third-order valence-electron chi connectivity index (χ3n) is 3.38. The van der Waals surface area contributed by atoms with Gasteiger partial charge >= 0.3 is 0 Å². The van der Waals surface area contributed by atoms with Crippen LogP contribution in [0.15, 0.2) is 12.2 Å². The molecule has 3 heteroatoms. The van der Waals surface area contributed by atoms with Crippen LogP contribution in [0.3, 0.4) is 0 Å². The number of hydrogen-bond acceptors (Lipinski definition) is 1. The highest BCUT2D eigenvalue weighted by Crippen LogP contribution is 2.34. The molecule has 16 heavy (non-hydrogen) atoms. The van der Waals surface area contributed by atoms with E-state index in [1.807, 2.05) is 4.90 Å². The Morgan fingerprint density at radius 2 is 1.94 bits per heavy atom. The Morgan fingerprint density at radius 3 is 2.38 bits per heavy atom. The highest BCUT2D eigenvalue weighted by Gasteiger charge is 2.29. The van der Waals surface area contributed by atoms with Crippen LogP contribution in [-0.4, -0.2) is 30.6 Å². The Bertz CT molecular complexity index is 260. The van der Waals surface area contributed by atoms with Gasteiger partial charge in [0.05, 0.1) is 0 Å². The molecule has 0 atom stereocenters. The van der Waals surface area contributed by atoms with Crippen LogP contribution in [0.5, 0.6) is 0 Å². The highest BCUT2D eigenvalue weighted by molar-refractivity contribution is 5.87. The highest BCUT2D eigenvalue weighted by atomic mass is 19.1. The Kier molecular flexibility index (Phi) is 4.51. The van der Waals surface area contributed by atoms with Crippen molar-refractivity contribution < 1.29 is 9.18 Å². The lowest BCUT2D eigenvalue weighted by atomic mass is 9.75. The normalized spacial score (nSPS) is 19.4. The summed E-state index contributed by atoms with van der Waals surface area (Å²) in [6.45, 7) is 7.79. The molecule has 2 nitrogen and oxygen atoms in total. The van der Waals surface area contributed by atoms with E-state index in [-0.39, 0.29) is 5.91 Å². The molecule has 92 valence electrons. The molecule has 1 amide bonds. The van der Waals surface area contributed by atoms with Gasteiger partial charge in [0.25, 0.3) is 0 Å². The van der Waals surface area contributed by atoms with Crippen LogP contribution >= 0.6 is 0 Å². The molecule has 1 rings (SSSR count). The Hall–Kier alpha value is -0.860. The number of alkyl halides is 1. The first-order valence-electron chi connectivity index (χ1n) is 5.96. The topological polar surface area (TPSA) is 20.3 Å². The molecule has 0 aliphatic carbocycles. The predicted octanol–water partition coefficient (Wildman–Crippen LogP) is 2.80. The lowest BCUT2D eigenvalue weighted by molar-refractivity contribution is -0.127. The number of halogens is 1. The zero-order valence-electron chi connectivity index (χ0n) is 10.5. The monoisotopic (exact) mass is 227 g/mol. The second-order valence-electron chi connectivity index (χ2n) is 5.52. The van der Waals surface area contributed by atoms with Crippen molar-refractivity contribution in [3.05, 3.63) is 12.2 Å². The number of rotatable bonds is 2. The molecule has 0 N–H and O–H groups in total. The number of piperidine rings is 1. The molecule has 1 heterocycles. The second-order valence-corrected chi connectivity index (χ2v) is 5.52. The molecule has 1 aliphatic heterocycles. The summed E-state index contributed by atoms with van der Waals surface area (Å²) in [7, 11) is 0. The average Bonchev–Trinajstić information content (AvgIpc) is 2.25. The van der Waals surface area contributed by atoms with E-state index in [1.165, 1.54) is 12.2 Å². The fraction of sp³-hybridized carbons (Fsp3) is 0.769. The third-order valence-corrected chi connectivity index (χ3v) is 3.38. The lowest BCUT2D eigenvalue weighted by Crippen LogP contribution is -2.40. The van der Waals surface area contributed by atoms with Crippen LogP contribution in [0.1, 0.15) is 33.6 Å². The minimum Gasteiger partial charge on any atom is -0.339 e. The van der Waals surface area contributed by atoms with Gasteiger partial charge in [-0.2, -0.15) is 0 Å². The summed E-state index contributed by atoms with van der Waals surface area (Å²) in [5, 5.41) is 0. The zero-order valence-corrected chi connectivity index (χ0v) is 10.5. The van der Waals surface area contributed by atoms with E-state index in [1.54, 1.807) is 0 Å². The van der Waals surface area contributed by atoms with Crippen molar-refractivity contribution >= 4 is 5.91 Å². The van der Waals surface area contributed by atoms with Crippen molar-refractivity contribution in [2.75, 3.05) is 19.8 Å². The molecule has 0 aromatic rings. The second kappa shape index (κ2) is 5.46. The first-order chi connectivity index (χ1) is 7.45. The Balaban J connectivity index is 2.43. The first kappa shape index (κ1) is 13.2. The van der Waals surface area contributed by atoms with Crippen LogP contribution < -0.4 is 0 Å². The van der Waals surface area contributed by atoms with E-state index in [0.29, 0.717) is 11.3 Å². The molecule has 1 aliphatic rings. The molecule has 0 bridgehead atoms. The molecule has 0 aromatic heterocycles. The van der Waals surface area contributed by atoms with E-state index < -0.39 is 6.67 Å². The summed E-state index contributed by atoms with van der Waals surface area (Å²) >= 11 is 0. The minimum absolute atomic E-state index is 0.0509. The van der Waals surface area contributed by atoms with Gasteiger partial charge in [-0.25, -0.2) is 4.39 Å². The SMILES string of the molecule is CC(C)(C)C1CCN(C(=O)/C=C/CF)CC1. The quantitative estimate of drug-likeness (QED) is 0.664. The van der Waals surface area contributed by atoms with Crippen LogP contribution in [0.2, 0.25) is 0 Å². The number of likely N-dealkylation sites (tertiary alicyclic amines) is 1. The van der Waals surface area contributed by atoms with Crippen molar-refractivity contribution in [2.24, 2.45) is 11.3 Å². The predicted molar refractivity (Wildman–Crippen MR) is 63.9 cm³/mol. The molecule has 0 saturated carbocycles. The maximum atomic E-state index is 11.9. The molecule has 0 aromatic carbocycles. The van der Waals surface area contributed by atoms with Gasteiger partial charge in [0, 0.05) is 19.2 Å². The number of carbonyl (C=O) groups is 1. The van der Waals surface area contributed by atoms with Gasteiger partial charge in [-0.05, 0) is 30.3 Å². The van der Waals surface area contributed by atoms with Gasteiger partial charge in [-0.3, -0.25) is 4.79 Å². The summed E-state index contributed by atoms with van der Waals surface area (Å²) in [6, 6.07) is 0. The largest absolute Gasteiger partial charge is 0.339 e. The van der Waals surface area contributed by atoms with Gasteiger partial charge in [0.2, 0.25) is 5.91 Å². The molecular formula is C13H22FNO. The van der Waals surface area contributed by atoms with Crippen LogP contribution in [0, 0.1) is 11.3 Å². The van der Waals surface area contributed by atoms with E-state index >= 15 is 0 Å². The van der Waals surface area contributed by atoms with Crippen molar-refractivity contribution in [1.29, 1.82) is 0 Å². The number of hydrogen-bond donors (Lipinski definition) is 0. The Labute approximate surface area is 97.5 Å². The van der Waals surface area contributed by atoms with Crippen molar-refractivity contribution in [3.8, 4) is 0 Å². The average molecular weight is 227 g/mol. The number of nitrogens with zero attached hydrogens (tertiary/aromatic N) is 1. The number of amides is 1. The van der Waals surface area contributed by atoms with Crippen LogP contribution in [0.25, 0.3) is 0 Å². The van der Waals surface area contributed by atoms with Gasteiger partial charge in [-0.1, -0.05) is 20.8 Å². The van der Waals surface area contributed by atoms with Crippen molar-refractivity contribution in [2.45, 2.75) is 33.6 Å². The fourth-order valence-corrected chi connectivity index (χ4v) is 2.22. The van der Waals surface area contributed by atoms with E-state index in [2.05, 4.69) is 20.8 Å². The molecule has 0 radical (unpaired) electrons. The standard InChI is InChI=1S/C13H22FNO/c1-13(2,3)11-6-9-15(10-7-11)12(16)5-4-8-14/h4-5,11H,6-10H2,1-3H3/b5-4+. The van der Waals surface area contributed by atoms with Gasteiger partial charge in [-0.15, -0.1) is 0 Å². The summed E-state index contributed by atoms with van der Waals surface area (Å²) in [6.07, 6.45) is 4.73. The van der Waals surface area contributed by atoms with Crippen molar-refractivity contribution in [1.82, 2.24) is 4.90 Å². The summed E-state index contributed by atoms with van der Waals surface area (Å²) in [5.74, 6) is 0.631. The van der Waals surface area contributed by atoms with E-state index in [4.69, 9.17) is 0 Å². The summed E-state index contributed by atoms with van der Waals surface area (Å²) < 4.78 is 11.9. The lowest BCUT2D eigenvalue weighted by Gasteiger charge is -2.38. The third kappa shape index (κ3) is 3.62. The zero-order chi connectivity index (χ0) is 12.2. The summed E-state index contributed by atoms with van der Waals surface area (Å²) in [4.78, 5) is 13.4. The van der Waals surface area contributed by atoms with Crippen molar-refractivity contribution in [3.63, 3.8) is 0 Å². The van der Waals surface area contributed by atoms with Gasteiger partial charge < -0.3 is 4.90 Å². The van der Waals surface area contributed by atoms with E-state index in [0.717, 1.165) is 25.9 Å². The van der Waals surface area contributed by atoms with Crippen LogP contribution in [-0.2, 0) is 4.79 Å². The van der Waals surface area contributed by atoms with E-state index in [9.17, 15) is 9.18 Å². The van der Waals surface area contributed by atoms with Crippen LogP contribution in [0.4, 0.5) is 4.39 Å². The Morgan fingerprint density at radius 1 is 1.38 bits per heavy atom. The fourth-order valence-electron chi connectivity index (χ4n) is 2.22. The molecule has 1 fully saturated rings. The number of allylic oxidation sites excluding steroid dienone is 1. The molecule has 0 unspecified atom stereocenters. The van der Waals surface area contributed by atoms with Gasteiger partial charge in [0.15, 0.2) is 0 Å². The van der Waals surface area contributed by atoms with Gasteiger partial charge in [0.1, 0.15) is 6.67 Å². The summed E-state index contributed by atoms with van der Waals surface area (Å²) in [5.41, 5.74) is 0.323. The maximum Gasteiger partial charge on any atom is 0.246 e. The number of carbonyl (C=O) groups excluding carboxylic acids is 1.